The summed E-state index contributed by atoms with van der Waals surface area (Å²) in [7, 11) is 0. The number of aliphatic hydroxyl groups excluding tert-OH is 1. The standard InChI is InChI=1S/C22H35FN4O3/c1-7-21(10-8-16(2)23)27-20(6)25-14-24-17(3)9-11-22(26-15-28)19(5)30-13-12-18(4)29/h8-11,14-16,18,20,29H,5,7,12-13H2,1-4,6H3,(H,24,25)(H,26,28)/b10-8-,17-9+,22-11+,27-21?. The molecule has 0 aromatic heterocycles. The summed E-state index contributed by atoms with van der Waals surface area (Å²) in [5.74, 6) is 0.297. The number of hydrogen-bond donors (Lipinski definition) is 3. The lowest BCUT2D eigenvalue weighted by atomic mass is 10.2. The Kier molecular flexibility index (Phi) is 14.6. The summed E-state index contributed by atoms with van der Waals surface area (Å²) in [4.78, 5) is 19.5. The Morgan fingerprint density at radius 3 is 2.53 bits per heavy atom. The second-order valence-electron chi connectivity index (χ2n) is 6.67. The first-order chi connectivity index (χ1) is 14.2. The second-order valence-corrected chi connectivity index (χ2v) is 6.67. The van der Waals surface area contributed by atoms with Crippen LogP contribution in [0.1, 0.15) is 47.5 Å². The van der Waals surface area contributed by atoms with Crippen LogP contribution in [0, 0.1) is 0 Å². The fourth-order valence-electron chi connectivity index (χ4n) is 1.99. The zero-order chi connectivity index (χ0) is 22.9. The molecule has 168 valence electrons. The van der Waals surface area contributed by atoms with E-state index < -0.39 is 12.3 Å². The number of rotatable bonds is 15. The van der Waals surface area contributed by atoms with Crippen molar-refractivity contribution in [3.8, 4) is 0 Å². The highest BCUT2D eigenvalue weighted by atomic mass is 19.1. The Morgan fingerprint density at radius 2 is 1.97 bits per heavy atom. The summed E-state index contributed by atoms with van der Waals surface area (Å²) in [5.41, 5.74) is 1.95. The van der Waals surface area contributed by atoms with Gasteiger partial charge in [0, 0.05) is 17.8 Å². The monoisotopic (exact) mass is 422 g/mol. The van der Waals surface area contributed by atoms with Gasteiger partial charge in [-0.15, -0.1) is 0 Å². The van der Waals surface area contributed by atoms with Gasteiger partial charge >= 0.3 is 0 Å². The molecule has 0 fully saturated rings. The normalized spacial score (nSPS) is 16.4. The van der Waals surface area contributed by atoms with Crippen LogP contribution in [0.15, 0.2) is 58.0 Å². The molecular formula is C22H35FN4O3. The van der Waals surface area contributed by atoms with E-state index in [0.29, 0.717) is 37.3 Å². The quantitative estimate of drug-likeness (QED) is 0.124. The third kappa shape index (κ3) is 14.3. The highest BCUT2D eigenvalue weighted by Gasteiger charge is 2.04. The van der Waals surface area contributed by atoms with Crippen LogP contribution in [0.5, 0.6) is 0 Å². The van der Waals surface area contributed by atoms with E-state index >= 15 is 0 Å². The summed E-state index contributed by atoms with van der Waals surface area (Å²) in [6.45, 7) is 12.8. The predicted molar refractivity (Wildman–Crippen MR) is 121 cm³/mol. The molecule has 8 heteroatoms. The number of nitrogens with zero attached hydrogens (tertiary/aromatic N) is 2. The van der Waals surface area contributed by atoms with Crippen LogP contribution in [0.2, 0.25) is 0 Å². The van der Waals surface area contributed by atoms with Crippen molar-refractivity contribution in [2.75, 3.05) is 6.61 Å². The molecule has 30 heavy (non-hydrogen) atoms. The van der Waals surface area contributed by atoms with Crippen molar-refractivity contribution in [2.24, 2.45) is 9.98 Å². The van der Waals surface area contributed by atoms with Gasteiger partial charge in [-0.25, -0.2) is 9.38 Å². The summed E-state index contributed by atoms with van der Waals surface area (Å²) < 4.78 is 18.3. The van der Waals surface area contributed by atoms with Gasteiger partial charge in [0.25, 0.3) is 0 Å². The Hall–Kier alpha value is -2.74. The van der Waals surface area contributed by atoms with E-state index in [-0.39, 0.29) is 6.17 Å². The van der Waals surface area contributed by atoms with Crippen LogP contribution in [0.25, 0.3) is 0 Å². The van der Waals surface area contributed by atoms with Crippen molar-refractivity contribution >= 4 is 18.5 Å². The first-order valence-electron chi connectivity index (χ1n) is 9.95. The average Bonchev–Trinajstić information content (AvgIpc) is 2.67. The molecule has 0 aliphatic heterocycles. The number of ether oxygens (including phenoxy) is 1. The van der Waals surface area contributed by atoms with Crippen LogP contribution in [0.4, 0.5) is 4.39 Å². The topological polar surface area (TPSA) is 95.3 Å². The van der Waals surface area contributed by atoms with Gasteiger partial charge in [0.15, 0.2) is 0 Å². The minimum atomic E-state index is -1.01. The molecule has 1 amide bonds. The van der Waals surface area contributed by atoms with Crippen molar-refractivity contribution in [3.05, 3.63) is 48.0 Å². The smallest absolute Gasteiger partial charge is 0.211 e. The molecule has 0 radical (unpaired) electrons. The Labute approximate surface area is 179 Å². The third-order valence-electron chi connectivity index (χ3n) is 3.68. The van der Waals surface area contributed by atoms with Gasteiger partial charge in [0.1, 0.15) is 18.1 Å². The predicted octanol–water partition coefficient (Wildman–Crippen LogP) is 3.55. The lowest BCUT2D eigenvalue weighted by molar-refractivity contribution is -0.109. The van der Waals surface area contributed by atoms with Gasteiger partial charge in [-0.3, -0.25) is 9.79 Å². The average molecular weight is 423 g/mol. The number of carbonyl (C=O) groups is 1. The summed E-state index contributed by atoms with van der Waals surface area (Å²) in [6.07, 6.45) is 7.94. The van der Waals surface area contributed by atoms with Crippen molar-refractivity contribution in [2.45, 2.75) is 65.9 Å². The number of nitrogens with one attached hydrogen (secondary N) is 2. The van der Waals surface area contributed by atoms with Crippen LogP contribution in [-0.4, -0.2) is 48.6 Å². The number of carbonyl (C=O) groups excluding carboxylic acids is 1. The van der Waals surface area contributed by atoms with Crippen LogP contribution < -0.4 is 10.6 Å². The number of halogens is 1. The third-order valence-corrected chi connectivity index (χ3v) is 3.68. The van der Waals surface area contributed by atoms with Crippen molar-refractivity contribution in [1.29, 1.82) is 0 Å². The number of hydrogen-bond acceptors (Lipinski definition) is 5. The molecule has 0 rings (SSSR count). The van der Waals surface area contributed by atoms with Crippen LogP contribution >= 0.6 is 0 Å². The van der Waals surface area contributed by atoms with E-state index in [4.69, 9.17) is 4.74 Å². The van der Waals surface area contributed by atoms with E-state index in [2.05, 4.69) is 27.2 Å². The number of alkyl halides is 1. The summed E-state index contributed by atoms with van der Waals surface area (Å²) in [6, 6.07) is 0. The summed E-state index contributed by atoms with van der Waals surface area (Å²) >= 11 is 0. The van der Waals surface area contributed by atoms with E-state index in [1.54, 1.807) is 25.2 Å². The molecule has 3 N–H and O–H groups in total. The lowest BCUT2D eigenvalue weighted by Gasteiger charge is -2.12. The molecule has 0 aliphatic carbocycles. The minimum absolute atomic E-state index is 0.291. The second kappa shape index (κ2) is 16.1. The molecule has 0 saturated heterocycles. The van der Waals surface area contributed by atoms with E-state index in [1.165, 1.54) is 19.3 Å². The molecule has 3 atom stereocenters. The van der Waals surface area contributed by atoms with Gasteiger partial charge in [-0.2, -0.15) is 0 Å². The zero-order valence-corrected chi connectivity index (χ0v) is 18.6. The number of allylic oxidation sites excluding steroid dienone is 5. The van der Waals surface area contributed by atoms with Crippen molar-refractivity contribution in [3.63, 3.8) is 0 Å². The van der Waals surface area contributed by atoms with Gasteiger partial charge in [0.05, 0.1) is 24.7 Å². The zero-order valence-electron chi connectivity index (χ0n) is 18.6. The molecule has 0 heterocycles. The van der Waals surface area contributed by atoms with E-state index in [1.807, 2.05) is 20.8 Å². The molecule has 7 nitrogen and oxygen atoms in total. The molecule has 3 unspecified atom stereocenters. The van der Waals surface area contributed by atoms with Crippen molar-refractivity contribution < 1.29 is 19.0 Å². The maximum absolute atomic E-state index is 12.9. The molecule has 0 aromatic rings. The first-order valence-corrected chi connectivity index (χ1v) is 9.95. The molecule has 0 saturated carbocycles. The van der Waals surface area contributed by atoms with Gasteiger partial charge in [0.2, 0.25) is 6.41 Å². The molecular weight excluding hydrogens is 387 g/mol. The fourth-order valence-corrected chi connectivity index (χ4v) is 1.99. The van der Waals surface area contributed by atoms with E-state index in [0.717, 1.165) is 11.4 Å². The molecule has 0 spiro atoms. The highest BCUT2D eigenvalue weighted by molar-refractivity contribution is 5.94. The maximum atomic E-state index is 12.9. The Morgan fingerprint density at radius 1 is 1.27 bits per heavy atom. The minimum Gasteiger partial charge on any atom is -0.492 e. The lowest BCUT2D eigenvalue weighted by Crippen LogP contribution is -2.15. The van der Waals surface area contributed by atoms with Gasteiger partial charge in [-0.05, 0) is 58.4 Å². The first kappa shape index (κ1) is 27.3. The largest absolute Gasteiger partial charge is 0.492 e. The Balaban J connectivity index is 4.88. The Bertz CT molecular complexity index is 680. The van der Waals surface area contributed by atoms with Gasteiger partial charge in [-0.1, -0.05) is 13.5 Å². The highest BCUT2D eigenvalue weighted by Crippen LogP contribution is 2.08. The van der Waals surface area contributed by atoms with Gasteiger partial charge < -0.3 is 20.5 Å². The molecule has 0 bridgehead atoms. The molecule has 0 aliphatic rings. The maximum Gasteiger partial charge on any atom is 0.211 e. The van der Waals surface area contributed by atoms with E-state index in [9.17, 15) is 14.3 Å². The van der Waals surface area contributed by atoms with Crippen LogP contribution in [0.3, 0.4) is 0 Å². The van der Waals surface area contributed by atoms with Crippen LogP contribution in [-0.2, 0) is 9.53 Å². The SMILES string of the molecule is C=C(OCCC(C)O)/C(=C\C=C(/C)NC=NC(C)N=C(/C=C\C(C)F)CC)NC=O. The van der Waals surface area contributed by atoms with Crippen molar-refractivity contribution in [1.82, 2.24) is 10.6 Å². The fraction of sp³-hybridized carbons (Fsp3) is 0.500. The number of aliphatic imine (C=N–C) groups is 2. The summed E-state index contributed by atoms with van der Waals surface area (Å²) in [5, 5.41) is 14.8. The number of aliphatic hydroxyl groups is 1. The molecule has 0 aromatic carbocycles. The number of amides is 1.